The molecule has 32 heavy (non-hydrogen) atoms. The fourth-order valence-electron chi connectivity index (χ4n) is 3.53. The van der Waals surface area contributed by atoms with Crippen molar-refractivity contribution in [2.45, 2.75) is 44.9 Å². The quantitative estimate of drug-likeness (QED) is 0.537. The number of hydrogen-bond donors (Lipinski definition) is 2. The highest BCUT2D eigenvalue weighted by Gasteiger charge is 2.28. The Kier molecular flexibility index (Phi) is 6.85. The first-order chi connectivity index (χ1) is 15.6. The summed E-state index contributed by atoms with van der Waals surface area (Å²) in [5.74, 6) is 0.177. The van der Waals surface area contributed by atoms with Crippen LogP contribution >= 0.6 is 0 Å². The van der Waals surface area contributed by atoms with E-state index in [1.807, 2.05) is 61.5 Å². The number of nitrogens with one attached hydrogen (secondary N) is 2. The van der Waals surface area contributed by atoms with E-state index >= 15 is 0 Å². The van der Waals surface area contributed by atoms with Gasteiger partial charge in [-0.1, -0.05) is 66.2 Å². The Morgan fingerprint density at radius 1 is 0.938 bits per heavy atom. The van der Waals surface area contributed by atoms with Gasteiger partial charge in [0.05, 0.1) is 0 Å². The molecule has 4 rings (SSSR count). The third-order valence-corrected chi connectivity index (χ3v) is 5.41. The Balaban J connectivity index is 1.42. The van der Waals surface area contributed by atoms with Crippen molar-refractivity contribution in [3.8, 4) is 5.75 Å². The Bertz CT molecular complexity index is 1080. The third-order valence-electron chi connectivity index (χ3n) is 5.41. The van der Waals surface area contributed by atoms with Crippen molar-refractivity contribution >= 4 is 11.8 Å². The molecule has 2 N–H and O–H groups in total. The highest BCUT2D eigenvalue weighted by Crippen LogP contribution is 2.19. The molecule has 2 amide bonds. The molecule has 1 aliphatic carbocycles. The standard InChI is InChI=1S/C27H28N2O3/c1-19-7-5-10-21(15-19)18-32-24-12-6-11-22(17-24)26(30)29-25(27(31)28-23-13-14-23)16-20-8-3-2-4-9-20/h2-12,15,17,23,25H,13-14,16,18H2,1H3,(H,28,31)(H,29,30). The van der Waals surface area contributed by atoms with Crippen LogP contribution in [0.15, 0.2) is 78.9 Å². The largest absolute Gasteiger partial charge is 0.489 e. The maximum absolute atomic E-state index is 13.0. The molecule has 0 bridgehead atoms. The van der Waals surface area contributed by atoms with Gasteiger partial charge in [0.15, 0.2) is 0 Å². The van der Waals surface area contributed by atoms with Crippen molar-refractivity contribution in [1.29, 1.82) is 0 Å². The summed E-state index contributed by atoms with van der Waals surface area (Å²) in [7, 11) is 0. The number of benzene rings is 3. The van der Waals surface area contributed by atoms with Gasteiger partial charge in [-0.3, -0.25) is 9.59 Å². The number of ether oxygens (including phenoxy) is 1. The van der Waals surface area contributed by atoms with Gasteiger partial charge in [0, 0.05) is 18.0 Å². The average Bonchev–Trinajstić information content (AvgIpc) is 3.62. The summed E-state index contributed by atoms with van der Waals surface area (Å²) < 4.78 is 5.89. The maximum Gasteiger partial charge on any atom is 0.252 e. The number of hydrogen-bond acceptors (Lipinski definition) is 3. The second-order valence-corrected chi connectivity index (χ2v) is 8.30. The van der Waals surface area contributed by atoms with Crippen LogP contribution in [0.5, 0.6) is 5.75 Å². The lowest BCUT2D eigenvalue weighted by molar-refractivity contribution is -0.123. The predicted molar refractivity (Wildman–Crippen MR) is 125 cm³/mol. The predicted octanol–water partition coefficient (Wildman–Crippen LogP) is 4.19. The summed E-state index contributed by atoms with van der Waals surface area (Å²) in [5.41, 5.74) is 3.70. The van der Waals surface area contributed by atoms with E-state index < -0.39 is 6.04 Å². The second-order valence-electron chi connectivity index (χ2n) is 8.30. The summed E-state index contributed by atoms with van der Waals surface area (Å²) in [6, 6.07) is 24.5. The molecule has 1 saturated carbocycles. The first-order valence-corrected chi connectivity index (χ1v) is 11.0. The van der Waals surface area contributed by atoms with Gasteiger partial charge in [0.2, 0.25) is 5.91 Å². The molecule has 0 saturated heterocycles. The molecule has 1 fully saturated rings. The zero-order chi connectivity index (χ0) is 22.3. The van der Waals surface area contributed by atoms with Crippen molar-refractivity contribution in [2.24, 2.45) is 0 Å². The molecule has 5 nitrogen and oxygen atoms in total. The molecule has 1 unspecified atom stereocenters. The lowest BCUT2D eigenvalue weighted by Crippen LogP contribution is -2.48. The molecule has 0 aliphatic heterocycles. The first-order valence-electron chi connectivity index (χ1n) is 11.0. The van der Waals surface area contributed by atoms with Crippen LogP contribution in [0.1, 0.15) is 39.9 Å². The van der Waals surface area contributed by atoms with Gasteiger partial charge in [0.1, 0.15) is 18.4 Å². The Labute approximate surface area is 188 Å². The highest BCUT2D eigenvalue weighted by molar-refractivity contribution is 5.98. The SMILES string of the molecule is Cc1cccc(COc2cccc(C(=O)NC(Cc3ccccc3)C(=O)NC3CC3)c2)c1. The van der Waals surface area contributed by atoms with E-state index in [-0.39, 0.29) is 17.9 Å². The van der Waals surface area contributed by atoms with Crippen molar-refractivity contribution in [1.82, 2.24) is 10.6 Å². The highest BCUT2D eigenvalue weighted by atomic mass is 16.5. The monoisotopic (exact) mass is 428 g/mol. The molecule has 3 aromatic carbocycles. The van der Waals surface area contributed by atoms with Gasteiger partial charge in [-0.15, -0.1) is 0 Å². The normalized spacial score (nSPS) is 13.8. The lowest BCUT2D eigenvalue weighted by Gasteiger charge is -2.19. The average molecular weight is 429 g/mol. The van der Waals surface area contributed by atoms with Gasteiger partial charge in [0.25, 0.3) is 5.91 Å². The molecule has 0 aromatic heterocycles. The summed E-state index contributed by atoms with van der Waals surface area (Å²) in [5, 5.41) is 5.92. The minimum atomic E-state index is -0.637. The Hall–Kier alpha value is -3.60. The number of aryl methyl sites for hydroxylation is 1. The van der Waals surface area contributed by atoms with Crippen LogP contribution < -0.4 is 15.4 Å². The van der Waals surface area contributed by atoms with Crippen molar-refractivity contribution < 1.29 is 14.3 Å². The molecule has 0 heterocycles. The van der Waals surface area contributed by atoms with Crippen LogP contribution in [0, 0.1) is 6.92 Å². The minimum absolute atomic E-state index is 0.142. The van der Waals surface area contributed by atoms with Gasteiger partial charge in [-0.25, -0.2) is 0 Å². The minimum Gasteiger partial charge on any atom is -0.489 e. The zero-order valence-corrected chi connectivity index (χ0v) is 18.2. The lowest BCUT2D eigenvalue weighted by atomic mass is 10.0. The van der Waals surface area contributed by atoms with Gasteiger partial charge < -0.3 is 15.4 Å². The van der Waals surface area contributed by atoms with E-state index in [4.69, 9.17) is 4.74 Å². The van der Waals surface area contributed by atoms with Gasteiger partial charge >= 0.3 is 0 Å². The number of amides is 2. The summed E-state index contributed by atoms with van der Waals surface area (Å²) >= 11 is 0. The summed E-state index contributed by atoms with van der Waals surface area (Å²) in [4.78, 5) is 25.7. The van der Waals surface area contributed by atoms with Crippen LogP contribution in [0.3, 0.4) is 0 Å². The first kappa shape index (κ1) is 21.6. The smallest absolute Gasteiger partial charge is 0.252 e. The van der Waals surface area contributed by atoms with Crippen molar-refractivity contribution in [2.75, 3.05) is 0 Å². The molecule has 0 radical (unpaired) electrons. The Morgan fingerprint density at radius 3 is 2.44 bits per heavy atom. The van der Waals surface area contributed by atoms with Crippen LogP contribution in [-0.2, 0) is 17.8 Å². The van der Waals surface area contributed by atoms with Crippen molar-refractivity contribution in [3.63, 3.8) is 0 Å². The Morgan fingerprint density at radius 2 is 1.69 bits per heavy atom. The van der Waals surface area contributed by atoms with E-state index in [2.05, 4.69) is 16.7 Å². The maximum atomic E-state index is 13.0. The third kappa shape index (κ3) is 6.20. The van der Waals surface area contributed by atoms with Crippen LogP contribution in [0.25, 0.3) is 0 Å². The van der Waals surface area contributed by atoms with Crippen molar-refractivity contribution in [3.05, 3.63) is 101 Å². The second kappa shape index (κ2) is 10.1. The number of rotatable bonds is 9. The zero-order valence-electron chi connectivity index (χ0n) is 18.2. The molecular formula is C27H28N2O3. The number of carbonyl (C=O) groups excluding carboxylic acids is 2. The van der Waals surface area contributed by atoms with Crippen LogP contribution in [-0.4, -0.2) is 23.9 Å². The molecule has 1 atom stereocenters. The van der Waals surface area contributed by atoms with E-state index in [9.17, 15) is 9.59 Å². The van der Waals surface area contributed by atoms with E-state index in [0.717, 1.165) is 24.0 Å². The molecule has 1 aliphatic rings. The van der Waals surface area contributed by atoms with E-state index in [1.165, 1.54) is 5.56 Å². The summed E-state index contributed by atoms with van der Waals surface area (Å²) in [6.45, 7) is 2.47. The number of carbonyl (C=O) groups is 2. The molecule has 5 heteroatoms. The molecule has 164 valence electrons. The van der Waals surface area contributed by atoms with Crippen LogP contribution in [0.4, 0.5) is 0 Å². The molecule has 3 aromatic rings. The van der Waals surface area contributed by atoms with E-state index in [0.29, 0.717) is 24.3 Å². The fourth-order valence-corrected chi connectivity index (χ4v) is 3.53. The van der Waals surface area contributed by atoms with Gasteiger partial charge in [-0.2, -0.15) is 0 Å². The van der Waals surface area contributed by atoms with Crippen LogP contribution in [0.2, 0.25) is 0 Å². The molecule has 0 spiro atoms. The van der Waals surface area contributed by atoms with Gasteiger partial charge in [-0.05, 0) is 49.1 Å². The molecular weight excluding hydrogens is 400 g/mol. The topological polar surface area (TPSA) is 67.4 Å². The fraction of sp³-hybridized carbons (Fsp3) is 0.259. The summed E-state index contributed by atoms with van der Waals surface area (Å²) in [6.07, 6.45) is 2.44. The van der Waals surface area contributed by atoms with E-state index in [1.54, 1.807) is 18.2 Å².